The molecule has 3 nitrogen and oxygen atoms in total. The number of pyridine rings is 1. The number of hydrogen-bond acceptors (Lipinski definition) is 2. The van der Waals surface area contributed by atoms with E-state index in [1.54, 1.807) is 20.8 Å². The molecule has 0 radical (unpaired) electrons. The highest BCUT2D eigenvalue weighted by atomic mass is 35.5. The van der Waals surface area contributed by atoms with Crippen molar-refractivity contribution in [3.8, 4) is 0 Å². The van der Waals surface area contributed by atoms with E-state index < -0.39 is 33.5 Å². The van der Waals surface area contributed by atoms with E-state index in [1.165, 1.54) is 30.5 Å². The summed E-state index contributed by atoms with van der Waals surface area (Å²) in [5.74, 6) is 0. The van der Waals surface area contributed by atoms with Gasteiger partial charge in [0, 0.05) is 6.20 Å². The smallest absolute Gasteiger partial charge is 0.258 e. The van der Waals surface area contributed by atoms with Crippen LogP contribution in [-0.2, 0) is 21.4 Å². The Hall–Kier alpha value is -1.15. The molecule has 0 fully saturated rings. The minimum atomic E-state index is -4.60. The fraction of sp³-hybridized carbons (Fsp3) is 0.353. The molecule has 2 aromatic rings. The maximum absolute atomic E-state index is 13.5. The number of halogens is 5. The molecule has 0 aliphatic heterocycles. The average molecular weight is 426 g/mol. The van der Waals surface area contributed by atoms with Gasteiger partial charge in [-0.3, -0.25) is 4.98 Å². The van der Waals surface area contributed by atoms with Crippen LogP contribution in [0.1, 0.15) is 43.6 Å². The van der Waals surface area contributed by atoms with E-state index >= 15 is 0 Å². The van der Waals surface area contributed by atoms with Gasteiger partial charge in [0.15, 0.2) is 0 Å². The first-order chi connectivity index (χ1) is 11.9. The number of nitrogens with one attached hydrogen (secondary N) is 1. The van der Waals surface area contributed by atoms with Gasteiger partial charge in [-0.15, -0.1) is 4.72 Å². The molecule has 9 heteroatoms. The molecule has 2 atom stereocenters. The normalized spacial score (nSPS) is 14.9. The summed E-state index contributed by atoms with van der Waals surface area (Å²) in [5, 5.41) is 0.456. The predicted octanol–water partition coefficient (Wildman–Crippen LogP) is 5.50. The summed E-state index contributed by atoms with van der Waals surface area (Å²) in [6.07, 6.45) is -3.34. The van der Waals surface area contributed by atoms with Crippen molar-refractivity contribution in [1.29, 1.82) is 0 Å². The van der Waals surface area contributed by atoms with Gasteiger partial charge in [-0.05, 0) is 50.6 Å². The van der Waals surface area contributed by atoms with Gasteiger partial charge >= 0.3 is 6.18 Å². The fourth-order valence-electron chi connectivity index (χ4n) is 2.18. The summed E-state index contributed by atoms with van der Waals surface area (Å²) < 4.78 is 55.1. The topological polar surface area (TPSA) is 42.0 Å². The zero-order valence-corrected chi connectivity index (χ0v) is 16.6. The van der Waals surface area contributed by atoms with Crippen molar-refractivity contribution in [3.63, 3.8) is 0 Å². The molecule has 0 saturated carbocycles. The lowest BCUT2D eigenvalue weighted by atomic mass is 10.00. The van der Waals surface area contributed by atoms with E-state index in [2.05, 4.69) is 9.71 Å². The minimum Gasteiger partial charge on any atom is -0.258 e. The Morgan fingerprint density at radius 1 is 1.12 bits per heavy atom. The SMILES string of the molecule is CC(C)(C)[SH+](=O)N[C@@H](c1ccc(Cl)c(Cl)c1)c1ncccc1C(F)(F)F. The number of thiol groups is 1. The van der Waals surface area contributed by atoms with Crippen molar-refractivity contribution in [2.45, 2.75) is 37.7 Å². The summed E-state index contributed by atoms with van der Waals surface area (Å²) in [6, 6.07) is 5.55. The minimum absolute atomic E-state index is 0.187. The van der Waals surface area contributed by atoms with E-state index in [9.17, 15) is 17.4 Å². The highest BCUT2D eigenvalue weighted by Crippen LogP contribution is 2.37. The van der Waals surface area contributed by atoms with Gasteiger partial charge < -0.3 is 0 Å². The van der Waals surface area contributed by atoms with E-state index in [0.29, 0.717) is 5.56 Å². The Kier molecular flexibility index (Phi) is 6.38. The fourth-order valence-corrected chi connectivity index (χ4v) is 3.38. The van der Waals surface area contributed by atoms with Gasteiger partial charge in [-0.1, -0.05) is 33.5 Å². The molecule has 1 aromatic heterocycles. The molecule has 1 heterocycles. The van der Waals surface area contributed by atoms with Crippen LogP contribution in [0.5, 0.6) is 0 Å². The van der Waals surface area contributed by atoms with Gasteiger partial charge in [0.25, 0.3) is 0 Å². The molecule has 0 saturated heterocycles. The first-order valence-electron chi connectivity index (χ1n) is 7.62. The number of alkyl halides is 3. The molecule has 1 N–H and O–H groups in total. The molecule has 0 amide bonds. The first-order valence-corrected chi connectivity index (χ1v) is 9.63. The van der Waals surface area contributed by atoms with E-state index in [4.69, 9.17) is 23.2 Å². The summed E-state index contributed by atoms with van der Waals surface area (Å²) in [6.45, 7) is 5.19. The molecule has 2 rings (SSSR count). The molecule has 0 aliphatic rings. The van der Waals surface area contributed by atoms with Crippen LogP contribution in [-0.4, -0.2) is 9.73 Å². The summed E-state index contributed by atoms with van der Waals surface area (Å²) in [7, 11) is -2.06. The third-order valence-corrected chi connectivity index (χ3v) is 6.00. The molecule has 0 aliphatic carbocycles. The quantitative estimate of drug-likeness (QED) is 0.519. The second-order valence-corrected chi connectivity index (χ2v) is 9.64. The number of rotatable bonds is 4. The Labute approximate surface area is 162 Å². The lowest BCUT2D eigenvalue weighted by Gasteiger charge is -2.22. The monoisotopic (exact) mass is 425 g/mol. The Bertz CT molecular complexity index is 822. The van der Waals surface area contributed by atoms with Crippen molar-refractivity contribution in [2.24, 2.45) is 0 Å². The summed E-state index contributed by atoms with van der Waals surface area (Å²) in [5.41, 5.74) is -0.789. The largest absolute Gasteiger partial charge is 0.418 e. The Balaban J connectivity index is 2.62. The van der Waals surface area contributed by atoms with E-state index in [-0.39, 0.29) is 15.7 Å². The van der Waals surface area contributed by atoms with E-state index in [0.717, 1.165) is 6.07 Å². The van der Waals surface area contributed by atoms with Crippen LogP contribution in [0.15, 0.2) is 36.5 Å². The number of benzene rings is 1. The molecule has 0 spiro atoms. The average Bonchev–Trinajstić information content (AvgIpc) is 2.53. The molecule has 142 valence electrons. The molecule has 0 bridgehead atoms. The Morgan fingerprint density at radius 2 is 1.77 bits per heavy atom. The van der Waals surface area contributed by atoms with Gasteiger partial charge in [0.2, 0.25) is 0 Å². The maximum atomic E-state index is 13.5. The highest BCUT2D eigenvalue weighted by molar-refractivity contribution is 7.84. The summed E-state index contributed by atoms with van der Waals surface area (Å²) >= 11 is 11.9. The molecule has 26 heavy (non-hydrogen) atoms. The summed E-state index contributed by atoms with van der Waals surface area (Å²) in [4.78, 5) is 3.92. The lowest BCUT2D eigenvalue weighted by molar-refractivity contribution is -0.138. The number of nitrogens with zero attached hydrogens (tertiary/aromatic N) is 1. The Morgan fingerprint density at radius 3 is 2.31 bits per heavy atom. The molecule has 1 unspecified atom stereocenters. The zero-order valence-electron chi connectivity index (χ0n) is 14.2. The van der Waals surface area contributed by atoms with Gasteiger partial charge in [-0.25, -0.2) is 0 Å². The van der Waals surface area contributed by atoms with Crippen LogP contribution < -0.4 is 4.72 Å². The first kappa shape index (κ1) is 21.2. The van der Waals surface area contributed by atoms with Crippen LogP contribution in [0.25, 0.3) is 0 Å². The second-order valence-electron chi connectivity index (χ2n) is 6.63. The standard InChI is InChI=1S/C17H17Cl2F3N2OS/c1-16(2,3)26(25)24-14(10-6-7-12(18)13(19)9-10)15-11(17(20,21)22)5-4-8-23-15/h4-9,14H,1-3H3,(H,24,25)/p+1/t14-,26?/m0/s1. The number of aromatic nitrogens is 1. The van der Waals surface area contributed by atoms with Crippen molar-refractivity contribution in [1.82, 2.24) is 9.71 Å². The molecular formula is C17H18Cl2F3N2OS+. The lowest BCUT2D eigenvalue weighted by Crippen LogP contribution is -2.36. The van der Waals surface area contributed by atoms with Crippen LogP contribution in [0.3, 0.4) is 0 Å². The van der Waals surface area contributed by atoms with Crippen molar-refractivity contribution >= 4 is 34.2 Å². The van der Waals surface area contributed by atoms with Gasteiger partial charge in [0.1, 0.15) is 21.8 Å². The second kappa shape index (κ2) is 7.84. The third kappa shape index (κ3) is 4.97. The van der Waals surface area contributed by atoms with Gasteiger partial charge in [-0.2, -0.15) is 13.2 Å². The van der Waals surface area contributed by atoms with Crippen molar-refractivity contribution < 1.29 is 17.4 Å². The number of hydrogen-bond donors (Lipinski definition) is 1. The molecule has 1 aromatic carbocycles. The van der Waals surface area contributed by atoms with Crippen molar-refractivity contribution in [2.75, 3.05) is 0 Å². The highest BCUT2D eigenvalue weighted by Gasteiger charge is 2.39. The predicted molar refractivity (Wildman–Crippen MR) is 99.9 cm³/mol. The van der Waals surface area contributed by atoms with Crippen LogP contribution in [0, 0.1) is 0 Å². The maximum Gasteiger partial charge on any atom is 0.418 e. The van der Waals surface area contributed by atoms with Crippen molar-refractivity contribution in [3.05, 3.63) is 63.4 Å². The zero-order chi connectivity index (χ0) is 19.7. The van der Waals surface area contributed by atoms with Gasteiger partial charge in [0.05, 0.1) is 21.3 Å². The van der Waals surface area contributed by atoms with E-state index in [1.807, 2.05) is 0 Å². The van der Waals surface area contributed by atoms with Crippen LogP contribution in [0.2, 0.25) is 10.0 Å². The molecular weight excluding hydrogens is 408 g/mol. The van der Waals surface area contributed by atoms with Crippen LogP contribution in [0.4, 0.5) is 13.2 Å². The third-order valence-electron chi connectivity index (χ3n) is 3.55. The van der Waals surface area contributed by atoms with Crippen LogP contribution >= 0.6 is 23.2 Å².